The Bertz CT molecular complexity index is 710. The number of carboxylic acids is 1. The first-order chi connectivity index (χ1) is 16.5. The van der Waals surface area contributed by atoms with Crippen molar-refractivity contribution in [1.82, 2.24) is 16.0 Å². The molecule has 35 heavy (non-hydrogen) atoms. The van der Waals surface area contributed by atoms with Gasteiger partial charge >= 0.3 is 5.97 Å². The van der Waals surface area contributed by atoms with E-state index in [-0.39, 0.29) is 31.6 Å². The van der Waals surface area contributed by atoms with E-state index in [2.05, 4.69) is 16.0 Å². The maximum absolute atomic E-state index is 13.0. The second kappa shape index (κ2) is 18.0. The number of hydrogen-bond acceptors (Lipinski definition) is 8. The van der Waals surface area contributed by atoms with Crippen LogP contribution in [0.1, 0.15) is 58.8 Å². The van der Waals surface area contributed by atoms with Crippen molar-refractivity contribution in [3.8, 4) is 0 Å². The summed E-state index contributed by atoms with van der Waals surface area (Å²) in [6.07, 6.45) is 3.73. The maximum atomic E-state index is 13.0. The quantitative estimate of drug-likeness (QED) is 0.105. The Kier molecular flexibility index (Phi) is 16.7. The van der Waals surface area contributed by atoms with Crippen molar-refractivity contribution in [3.63, 3.8) is 0 Å². The van der Waals surface area contributed by atoms with Gasteiger partial charge in [-0.3, -0.25) is 19.2 Å². The molecule has 0 radical (unpaired) electrons. The topological polar surface area (TPSA) is 220 Å². The maximum Gasteiger partial charge on any atom is 0.326 e. The molecule has 0 bridgehead atoms. The lowest BCUT2D eigenvalue weighted by Gasteiger charge is -2.26. The lowest BCUT2D eigenvalue weighted by Crippen LogP contribution is -2.57. The summed E-state index contributed by atoms with van der Waals surface area (Å²) in [6, 6.07) is -4.16. The fourth-order valence-corrected chi connectivity index (χ4v) is 3.61. The average Bonchev–Trinajstić information content (AvgIpc) is 2.81. The summed E-state index contributed by atoms with van der Waals surface area (Å²) in [5.74, 6) is -3.32. The van der Waals surface area contributed by atoms with E-state index in [0.29, 0.717) is 31.6 Å². The Morgan fingerprint density at radius 3 is 1.91 bits per heavy atom. The number of carboxylic acid groups (broad SMARTS) is 1. The minimum atomic E-state index is -1.22. The Morgan fingerprint density at radius 1 is 0.886 bits per heavy atom. The Morgan fingerprint density at radius 2 is 1.43 bits per heavy atom. The molecule has 10 N–H and O–H groups in total. The Hall–Kier alpha value is -2.38. The standard InChI is InChI=1S/C22H42N6O6S/c1-4-13(2)18(25)21(32)27-15(10-12-35-3)20(31)26-14(8-9-17(24)29)19(30)28-16(22(33)34)7-5-6-11-23/h13-16,18H,4-12,23,25H2,1-3H3,(H2,24,29)(H,26,31)(H,27,32)(H,28,30)(H,33,34). The summed E-state index contributed by atoms with van der Waals surface area (Å²) >= 11 is 1.48. The molecule has 0 rings (SSSR count). The zero-order valence-corrected chi connectivity index (χ0v) is 21.7. The summed E-state index contributed by atoms with van der Waals surface area (Å²) in [5.41, 5.74) is 16.6. The SMILES string of the molecule is CCC(C)C(N)C(=O)NC(CCSC)C(=O)NC(CCC(N)=O)C(=O)NC(CCCCN)C(=O)O. The third-order valence-corrected chi connectivity index (χ3v) is 6.32. The van der Waals surface area contributed by atoms with Crippen LogP contribution in [-0.4, -0.2) is 77.4 Å². The molecule has 12 nitrogen and oxygen atoms in total. The van der Waals surface area contributed by atoms with Crippen LogP contribution in [0, 0.1) is 5.92 Å². The van der Waals surface area contributed by atoms with Crippen molar-refractivity contribution in [1.29, 1.82) is 0 Å². The lowest BCUT2D eigenvalue weighted by atomic mass is 9.99. The minimum Gasteiger partial charge on any atom is -0.480 e. The molecule has 0 aromatic rings. The van der Waals surface area contributed by atoms with Crippen LogP contribution >= 0.6 is 11.8 Å². The van der Waals surface area contributed by atoms with Gasteiger partial charge in [0.2, 0.25) is 23.6 Å². The third kappa shape index (κ3) is 13.3. The van der Waals surface area contributed by atoms with Gasteiger partial charge in [-0.15, -0.1) is 0 Å². The average molecular weight is 519 g/mol. The molecule has 0 fully saturated rings. The van der Waals surface area contributed by atoms with Crippen LogP contribution in [0.4, 0.5) is 0 Å². The van der Waals surface area contributed by atoms with Gasteiger partial charge in [0, 0.05) is 6.42 Å². The summed E-state index contributed by atoms with van der Waals surface area (Å²) in [7, 11) is 0. The summed E-state index contributed by atoms with van der Waals surface area (Å²) in [5, 5.41) is 17.0. The number of nitrogens with two attached hydrogens (primary N) is 3. The number of nitrogens with one attached hydrogen (secondary N) is 3. The summed E-state index contributed by atoms with van der Waals surface area (Å²) in [6.45, 7) is 4.12. The van der Waals surface area contributed by atoms with Crippen molar-refractivity contribution >= 4 is 41.4 Å². The van der Waals surface area contributed by atoms with Crippen LogP contribution in [0.5, 0.6) is 0 Å². The van der Waals surface area contributed by atoms with E-state index in [4.69, 9.17) is 17.2 Å². The summed E-state index contributed by atoms with van der Waals surface area (Å²) in [4.78, 5) is 61.3. The van der Waals surface area contributed by atoms with Gasteiger partial charge in [-0.25, -0.2) is 4.79 Å². The van der Waals surface area contributed by atoms with Crippen molar-refractivity contribution in [2.75, 3.05) is 18.6 Å². The molecular weight excluding hydrogens is 476 g/mol. The Balaban J connectivity index is 5.52. The van der Waals surface area contributed by atoms with Gasteiger partial charge < -0.3 is 38.3 Å². The number of hydrogen-bond donors (Lipinski definition) is 7. The fourth-order valence-electron chi connectivity index (χ4n) is 3.14. The van der Waals surface area contributed by atoms with Gasteiger partial charge in [0.15, 0.2) is 0 Å². The number of carbonyl (C=O) groups excluding carboxylic acids is 4. The molecule has 0 aliphatic carbocycles. The number of aliphatic carboxylic acids is 1. The molecule has 0 aromatic heterocycles. The van der Waals surface area contributed by atoms with Crippen molar-refractivity contribution in [2.45, 2.75) is 83.0 Å². The molecule has 0 aliphatic rings. The van der Waals surface area contributed by atoms with Crippen molar-refractivity contribution in [2.24, 2.45) is 23.1 Å². The number of rotatable bonds is 19. The van der Waals surface area contributed by atoms with Crippen LogP contribution in [0.2, 0.25) is 0 Å². The molecule has 0 saturated heterocycles. The van der Waals surface area contributed by atoms with Gasteiger partial charge in [0.1, 0.15) is 18.1 Å². The van der Waals surface area contributed by atoms with Crippen molar-refractivity contribution < 1.29 is 29.1 Å². The molecule has 202 valence electrons. The van der Waals surface area contributed by atoms with Gasteiger partial charge in [-0.05, 0) is 56.6 Å². The number of primary amides is 1. The van der Waals surface area contributed by atoms with E-state index in [1.165, 1.54) is 11.8 Å². The van der Waals surface area contributed by atoms with Crippen LogP contribution in [-0.2, 0) is 24.0 Å². The highest BCUT2D eigenvalue weighted by Crippen LogP contribution is 2.09. The first-order valence-electron chi connectivity index (χ1n) is 11.8. The number of unbranched alkanes of at least 4 members (excludes halogenated alkanes) is 1. The molecule has 0 heterocycles. The highest BCUT2D eigenvalue weighted by atomic mass is 32.2. The van der Waals surface area contributed by atoms with Crippen molar-refractivity contribution in [3.05, 3.63) is 0 Å². The van der Waals surface area contributed by atoms with E-state index < -0.39 is 53.8 Å². The van der Waals surface area contributed by atoms with Crippen LogP contribution in [0.15, 0.2) is 0 Å². The van der Waals surface area contributed by atoms with Gasteiger partial charge in [-0.2, -0.15) is 11.8 Å². The second-order valence-corrected chi connectivity index (χ2v) is 9.49. The molecule has 13 heteroatoms. The number of thioether (sulfide) groups is 1. The smallest absolute Gasteiger partial charge is 0.326 e. The van der Waals surface area contributed by atoms with E-state index >= 15 is 0 Å². The van der Waals surface area contributed by atoms with Crippen LogP contribution in [0.25, 0.3) is 0 Å². The molecular formula is C22H42N6O6S. The molecule has 0 saturated carbocycles. The molecule has 0 aromatic carbocycles. The zero-order chi connectivity index (χ0) is 27.0. The molecule has 5 atom stereocenters. The predicted octanol–water partition coefficient (Wildman–Crippen LogP) is -0.954. The fraction of sp³-hybridized carbons (Fsp3) is 0.773. The molecule has 4 amide bonds. The first-order valence-corrected chi connectivity index (χ1v) is 13.2. The molecule has 5 unspecified atom stereocenters. The number of amides is 4. The first kappa shape index (κ1) is 32.6. The van der Waals surface area contributed by atoms with E-state index in [1.807, 2.05) is 20.1 Å². The highest BCUT2D eigenvalue weighted by molar-refractivity contribution is 7.98. The monoisotopic (exact) mass is 518 g/mol. The second-order valence-electron chi connectivity index (χ2n) is 8.50. The van der Waals surface area contributed by atoms with Crippen LogP contribution in [0.3, 0.4) is 0 Å². The number of carbonyl (C=O) groups is 5. The third-order valence-electron chi connectivity index (χ3n) is 5.68. The normalized spacial score (nSPS) is 15.2. The predicted molar refractivity (Wildman–Crippen MR) is 135 cm³/mol. The lowest BCUT2D eigenvalue weighted by molar-refractivity contribution is -0.142. The minimum absolute atomic E-state index is 0.0967. The molecule has 0 aliphatic heterocycles. The van der Waals surface area contributed by atoms with Gasteiger partial charge in [-0.1, -0.05) is 20.3 Å². The molecule has 0 spiro atoms. The van der Waals surface area contributed by atoms with E-state index in [1.54, 1.807) is 0 Å². The largest absolute Gasteiger partial charge is 0.480 e. The van der Waals surface area contributed by atoms with E-state index in [0.717, 1.165) is 0 Å². The van der Waals surface area contributed by atoms with Crippen LogP contribution < -0.4 is 33.2 Å². The van der Waals surface area contributed by atoms with Gasteiger partial charge in [0.05, 0.1) is 6.04 Å². The highest BCUT2D eigenvalue weighted by Gasteiger charge is 2.31. The zero-order valence-electron chi connectivity index (χ0n) is 20.9. The van der Waals surface area contributed by atoms with Gasteiger partial charge in [0.25, 0.3) is 0 Å². The summed E-state index contributed by atoms with van der Waals surface area (Å²) < 4.78 is 0. The van der Waals surface area contributed by atoms with E-state index in [9.17, 15) is 29.1 Å². The Labute approximate surface area is 211 Å².